The molecule has 19 heavy (non-hydrogen) atoms. The van der Waals surface area contributed by atoms with Crippen molar-refractivity contribution in [1.29, 1.82) is 0 Å². The van der Waals surface area contributed by atoms with Crippen molar-refractivity contribution in [3.8, 4) is 5.75 Å². The fourth-order valence-corrected chi connectivity index (χ4v) is 2.21. The van der Waals surface area contributed by atoms with Crippen LogP contribution >= 0.6 is 10.7 Å². The molecule has 0 N–H and O–H groups in total. The van der Waals surface area contributed by atoms with Crippen LogP contribution in [0.25, 0.3) is 0 Å². The van der Waals surface area contributed by atoms with E-state index in [0.717, 1.165) is 0 Å². The zero-order chi connectivity index (χ0) is 15.0. The van der Waals surface area contributed by atoms with Crippen molar-refractivity contribution in [2.45, 2.75) is 11.3 Å². The highest BCUT2D eigenvalue weighted by Crippen LogP contribution is 2.38. The first kappa shape index (κ1) is 15.4. The fraction of sp³-hybridized carbons (Fsp3) is 0.167. The zero-order valence-electron chi connectivity index (χ0n) is 8.31. The minimum Gasteiger partial charge on any atom is -0.402 e. The molecule has 0 atom stereocenters. The molecule has 0 saturated carbocycles. The van der Waals surface area contributed by atoms with E-state index in [-0.39, 0.29) is 6.20 Å². The van der Waals surface area contributed by atoms with Crippen LogP contribution in [0, 0.1) is 16.1 Å². The predicted molar refractivity (Wildman–Crippen MR) is 50.6 cm³/mol. The summed E-state index contributed by atoms with van der Waals surface area (Å²) in [6.07, 6.45) is -5.35. The summed E-state index contributed by atoms with van der Waals surface area (Å²) in [6.45, 7) is 0. The summed E-state index contributed by atoms with van der Waals surface area (Å²) < 4.78 is 74.3. The number of hydrogen-bond donors (Lipinski definition) is 0. The molecule has 0 saturated heterocycles. The van der Waals surface area contributed by atoms with E-state index in [0.29, 0.717) is 0 Å². The molecule has 1 aromatic rings. The Morgan fingerprint density at radius 3 is 2.32 bits per heavy atom. The Hall–Kier alpha value is -1.69. The largest absolute Gasteiger partial charge is 0.573 e. The van der Waals surface area contributed by atoms with Crippen molar-refractivity contribution < 1.29 is 35.6 Å². The Morgan fingerprint density at radius 1 is 1.42 bits per heavy atom. The molecule has 0 aliphatic carbocycles. The number of halogens is 5. The lowest BCUT2D eigenvalue weighted by Crippen LogP contribution is -2.19. The SMILES string of the molecule is O=[N+]([O-])c1c(F)ncc(OC(F)(F)F)c1S(=O)(=O)Cl. The van der Waals surface area contributed by atoms with Crippen LogP contribution in [-0.2, 0) is 9.05 Å². The summed E-state index contributed by atoms with van der Waals surface area (Å²) in [7, 11) is -0.339. The quantitative estimate of drug-likeness (QED) is 0.277. The number of alkyl halides is 3. The van der Waals surface area contributed by atoms with E-state index < -0.39 is 42.6 Å². The fourth-order valence-electron chi connectivity index (χ4n) is 1.04. The molecule has 0 radical (unpaired) electrons. The lowest BCUT2D eigenvalue weighted by atomic mass is 10.4. The molecule has 1 heterocycles. The van der Waals surface area contributed by atoms with Gasteiger partial charge >= 0.3 is 12.0 Å². The molecule has 0 unspecified atom stereocenters. The maximum Gasteiger partial charge on any atom is 0.573 e. The summed E-state index contributed by atoms with van der Waals surface area (Å²) in [5, 5.41) is 10.5. The molecule has 0 aromatic carbocycles. The molecule has 0 fully saturated rings. The molecule has 1 rings (SSSR count). The lowest BCUT2D eigenvalue weighted by Gasteiger charge is -2.11. The van der Waals surface area contributed by atoms with Crippen LogP contribution in [0.1, 0.15) is 0 Å². The summed E-state index contributed by atoms with van der Waals surface area (Å²) in [5.74, 6) is -3.52. The normalized spacial score (nSPS) is 12.3. The smallest absolute Gasteiger partial charge is 0.402 e. The second kappa shape index (κ2) is 4.77. The number of nitrogens with zero attached hydrogens (tertiary/aromatic N) is 2. The van der Waals surface area contributed by atoms with Gasteiger partial charge in [-0.3, -0.25) is 10.1 Å². The van der Waals surface area contributed by atoms with E-state index in [2.05, 4.69) is 9.72 Å². The molecular weight excluding hydrogens is 324 g/mol. The number of aromatic nitrogens is 1. The summed E-state index contributed by atoms with van der Waals surface area (Å²) in [6, 6.07) is 0. The number of nitro groups is 1. The van der Waals surface area contributed by atoms with E-state index in [1.807, 2.05) is 0 Å². The van der Waals surface area contributed by atoms with Gasteiger partial charge in [0.1, 0.15) is 0 Å². The van der Waals surface area contributed by atoms with E-state index in [9.17, 15) is 36.1 Å². The third kappa shape index (κ3) is 3.64. The van der Waals surface area contributed by atoms with E-state index in [1.165, 1.54) is 0 Å². The number of ether oxygens (including phenoxy) is 1. The molecule has 7 nitrogen and oxygen atoms in total. The van der Waals surface area contributed by atoms with Gasteiger partial charge in [-0.2, -0.15) is 4.39 Å². The maximum absolute atomic E-state index is 13.0. The van der Waals surface area contributed by atoms with Gasteiger partial charge in [-0.05, 0) is 0 Å². The Bertz CT molecular complexity index is 631. The van der Waals surface area contributed by atoms with Gasteiger partial charge in [-0.25, -0.2) is 13.4 Å². The van der Waals surface area contributed by atoms with Crippen LogP contribution in [0.15, 0.2) is 11.1 Å². The standard InChI is InChI=1S/C6HClF4N2O5S/c7-19(16,17)4-2(18-6(9,10)11)1-12-5(8)3(4)13(14)15/h1H. The molecule has 0 bridgehead atoms. The molecule has 0 spiro atoms. The van der Waals surface area contributed by atoms with Crippen LogP contribution in [0.2, 0.25) is 0 Å². The van der Waals surface area contributed by atoms with Crippen molar-refractivity contribution in [3.05, 3.63) is 22.3 Å². The van der Waals surface area contributed by atoms with Gasteiger partial charge < -0.3 is 4.74 Å². The molecule has 13 heteroatoms. The molecule has 0 amide bonds. The molecule has 0 aliphatic rings. The second-order valence-electron chi connectivity index (χ2n) is 2.83. The second-order valence-corrected chi connectivity index (χ2v) is 5.34. The molecule has 0 aliphatic heterocycles. The average Bonchev–Trinajstić information content (AvgIpc) is 2.15. The van der Waals surface area contributed by atoms with Gasteiger partial charge in [-0.1, -0.05) is 0 Å². The van der Waals surface area contributed by atoms with Gasteiger partial charge in [0.05, 0.1) is 11.1 Å². The Morgan fingerprint density at radius 2 is 1.95 bits per heavy atom. The topological polar surface area (TPSA) is 99.4 Å². The third-order valence-corrected chi connectivity index (χ3v) is 2.93. The lowest BCUT2D eigenvalue weighted by molar-refractivity contribution is -0.391. The van der Waals surface area contributed by atoms with Crippen molar-refractivity contribution in [1.82, 2.24) is 4.98 Å². The number of pyridine rings is 1. The maximum atomic E-state index is 13.0. The monoisotopic (exact) mass is 324 g/mol. The van der Waals surface area contributed by atoms with Crippen LogP contribution in [0.4, 0.5) is 23.2 Å². The number of hydrogen-bond acceptors (Lipinski definition) is 6. The Labute approximate surface area is 106 Å². The summed E-state index contributed by atoms with van der Waals surface area (Å²) in [5.41, 5.74) is -1.84. The Kier molecular flexibility index (Phi) is 3.86. The van der Waals surface area contributed by atoms with Crippen LogP contribution in [-0.4, -0.2) is 24.7 Å². The van der Waals surface area contributed by atoms with Crippen LogP contribution in [0.3, 0.4) is 0 Å². The summed E-state index contributed by atoms with van der Waals surface area (Å²) in [4.78, 5) is 9.73. The van der Waals surface area contributed by atoms with Crippen molar-refractivity contribution >= 4 is 25.4 Å². The van der Waals surface area contributed by atoms with Crippen molar-refractivity contribution in [2.24, 2.45) is 0 Å². The van der Waals surface area contributed by atoms with E-state index >= 15 is 0 Å². The van der Waals surface area contributed by atoms with Crippen LogP contribution in [0.5, 0.6) is 5.75 Å². The molecule has 106 valence electrons. The van der Waals surface area contributed by atoms with Gasteiger partial charge in [0.25, 0.3) is 15.0 Å². The predicted octanol–water partition coefficient (Wildman–Crippen LogP) is 1.96. The van der Waals surface area contributed by atoms with Crippen molar-refractivity contribution in [2.75, 3.05) is 0 Å². The van der Waals surface area contributed by atoms with Crippen LogP contribution < -0.4 is 4.74 Å². The highest BCUT2D eigenvalue weighted by molar-refractivity contribution is 8.14. The van der Waals surface area contributed by atoms with Crippen molar-refractivity contribution in [3.63, 3.8) is 0 Å². The van der Waals surface area contributed by atoms with E-state index in [1.54, 1.807) is 0 Å². The minimum absolute atomic E-state index is 0.0189. The highest BCUT2D eigenvalue weighted by Gasteiger charge is 2.39. The molecule has 1 aromatic heterocycles. The van der Waals surface area contributed by atoms with Gasteiger partial charge in [0.15, 0.2) is 5.75 Å². The van der Waals surface area contributed by atoms with E-state index in [4.69, 9.17) is 10.7 Å². The summed E-state index contributed by atoms with van der Waals surface area (Å²) >= 11 is 0. The third-order valence-electron chi connectivity index (χ3n) is 1.58. The zero-order valence-corrected chi connectivity index (χ0v) is 9.88. The molecular formula is C6HClF4N2O5S. The first-order chi connectivity index (χ1) is 8.43. The van der Waals surface area contributed by atoms with Gasteiger partial charge in [0.2, 0.25) is 4.90 Å². The highest BCUT2D eigenvalue weighted by atomic mass is 35.7. The first-order valence-corrected chi connectivity index (χ1v) is 6.27. The van der Waals surface area contributed by atoms with Gasteiger partial charge in [0, 0.05) is 10.7 Å². The minimum atomic E-state index is -5.37. The average molecular weight is 325 g/mol. The Balaban J connectivity index is 3.67. The first-order valence-electron chi connectivity index (χ1n) is 3.97. The van der Waals surface area contributed by atoms with Gasteiger partial charge in [-0.15, -0.1) is 13.2 Å². The number of rotatable bonds is 3.